The number of hydrogen-bond donors (Lipinski definition) is 1. The summed E-state index contributed by atoms with van der Waals surface area (Å²) in [6.45, 7) is 6.11. The van der Waals surface area contributed by atoms with Crippen LogP contribution in [0.15, 0.2) is 42.6 Å². The lowest BCUT2D eigenvalue weighted by molar-refractivity contribution is 0.102. The van der Waals surface area contributed by atoms with E-state index in [0.717, 1.165) is 23.6 Å². The van der Waals surface area contributed by atoms with Gasteiger partial charge in [-0.05, 0) is 38.1 Å². The highest BCUT2D eigenvalue weighted by atomic mass is 16.5. The Kier molecular flexibility index (Phi) is 6.11. The molecular formula is C18H23N3O2. The normalized spacial score (nSPS) is 10.4. The maximum atomic E-state index is 12.2. The molecule has 1 N–H and O–H groups in total. The van der Waals surface area contributed by atoms with Gasteiger partial charge in [-0.3, -0.25) is 4.79 Å². The van der Waals surface area contributed by atoms with Gasteiger partial charge >= 0.3 is 0 Å². The molecule has 122 valence electrons. The molecule has 5 heteroatoms. The number of benzene rings is 1. The number of carbonyl (C=O) groups excluding carboxylic acids is 1. The number of carbonyl (C=O) groups is 1. The number of pyridine rings is 1. The van der Waals surface area contributed by atoms with Gasteiger partial charge < -0.3 is 15.0 Å². The van der Waals surface area contributed by atoms with E-state index in [4.69, 9.17) is 4.74 Å². The van der Waals surface area contributed by atoms with Crippen LogP contribution in [0.3, 0.4) is 0 Å². The van der Waals surface area contributed by atoms with Crippen LogP contribution in [0.2, 0.25) is 0 Å². The van der Waals surface area contributed by atoms with Crippen LogP contribution < -0.4 is 10.2 Å². The number of ether oxygens (including phenoxy) is 1. The molecule has 2 rings (SSSR count). The van der Waals surface area contributed by atoms with Crippen LogP contribution in [-0.4, -0.2) is 37.7 Å². The van der Waals surface area contributed by atoms with Crippen LogP contribution in [-0.2, 0) is 4.74 Å². The van der Waals surface area contributed by atoms with E-state index in [2.05, 4.69) is 10.3 Å². The third-order valence-corrected chi connectivity index (χ3v) is 3.49. The zero-order valence-corrected chi connectivity index (χ0v) is 13.9. The van der Waals surface area contributed by atoms with E-state index in [1.807, 2.05) is 56.1 Å². The lowest BCUT2D eigenvalue weighted by atomic mass is 10.2. The number of rotatable bonds is 7. The Labute approximate surface area is 137 Å². The van der Waals surface area contributed by atoms with E-state index in [1.54, 1.807) is 12.3 Å². The Morgan fingerprint density at radius 1 is 1.22 bits per heavy atom. The maximum absolute atomic E-state index is 12.2. The Morgan fingerprint density at radius 3 is 2.57 bits per heavy atom. The van der Waals surface area contributed by atoms with Crippen molar-refractivity contribution < 1.29 is 9.53 Å². The molecule has 0 spiro atoms. The Morgan fingerprint density at radius 2 is 1.96 bits per heavy atom. The molecule has 0 unspecified atom stereocenters. The number of aromatic nitrogens is 1. The molecule has 5 nitrogen and oxygen atoms in total. The number of amides is 1. The molecule has 0 aliphatic carbocycles. The molecular weight excluding hydrogens is 290 g/mol. The Balaban J connectivity index is 1.95. The van der Waals surface area contributed by atoms with E-state index in [0.29, 0.717) is 18.8 Å². The topological polar surface area (TPSA) is 54.5 Å². The third-order valence-electron chi connectivity index (χ3n) is 3.49. The van der Waals surface area contributed by atoms with Crippen LogP contribution in [0, 0.1) is 6.92 Å². The first-order chi connectivity index (χ1) is 11.1. The van der Waals surface area contributed by atoms with E-state index in [1.165, 1.54) is 0 Å². The zero-order valence-electron chi connectivity index (χ0n) is 13.9. The molecule has 1 aromatic carbocycles. The quantitative estimate of drug-likeness (QED) is 0.798. The van der Waals surface area contributed by atoms with Crippen molar-refractivity contribution in [1.29, 1.82) is 0 Å². The minimum absolute atomic E-state index is 0.162. The summed E-state index contributed by atoms with van der Waals surface area (Å²) in [6, 6.07) is 11.3. The highest BCUT2D eigenvalue weighted by Crippen LogP contribution is 2.13. The first kappa shape index (κ1) is 17.0. The van der Waals surface area contributed by atoms with Crippen LogP contribution in [0.4, 0.5) is 11.5 Å². The SMILES string of the molecule is CCOCCN(C)c1ccc(C(=O)Nc2ccc(C)cc2)cn1. The predicted octanol–water partition coefficient (Wildman–Crippen LogP) is 3.12. The monoisotopic (exact) mass is 313 g/mol. The average molecular weight is 313 g/mol. The second kappa shape index (κ2) is 8.29. The number of anilines is 2. The fourth-order valence-corrected chi connectivity index (χ4v) is 2.05. The van der Waals surface area contributed by atoms with Gasteiger partial charge in [0, 0.05) is 32.1 Å². The summed E-state index contributed by atoms with van der Waals surface area (Å²) in [6.07, 6.45) is 1.59. The summed E-state index contributed by atoms with van der Waals surface area (Å²) in [5.74, 6) is 0.654. The predicted molar refractivity (Wildman–Crippen MR) is 93.1 cm³/mol. The smallest absolute Gasteiger partial charge is 0.257 e. The first-order valence-corrected chi connectivity index (χ1v) is 7.73. The molecule has 0 saturated heterocycles. The highest BCUT2D eigenvalue weighted by Gasteiger charge is 2.08. The molecule has 2 aromatic rings. The van der Waals surface area contributed by atoms with Crippen molar-refractivity contribution in [2.75, 3.05) is 37.0 Å². The molecule has 1 aromatic heterocycles. The molecule has 0 aliphatic rings. The number of likely N-dealkylation sites (N-methyl/N-ethyl adjacent to an activating group) is 1. The van der Waals surface area contributed by atoms with Gasteiger partial charge in [-0.15, -0.1) is 0 Å². The van der Waals surface area contributed by atoms with Crippen LogP contribution in [0.1, 0.15) is 22.8 Å². The van der Waals surface area contributed by atoms with Crippen molar-refractivity contribution in [3.8, 4) is 0 Å². The van der Waals surface area contributed by atoms with Crippen LogP contribution in [0.5, 0.6) is 0 Å². The minimum atomic E-state index is -0.162. The minimum Gasteiger partial charge on any atom is -0.380 e. The molecule has 0 radical (unpaired) electrons. The van der Waals surface area contributed by atoms with Crippen molar-refractivity contribution in [2.45, 2.75) is 13.8 Å². The van der Waals surface area contributed by atoms with Crippen molar-refractivity contribution >= 4 is 17.4 Å². The van der Waals surface area contributed by atoms with Gasteiger partial charge in [0.05, 0.1) is 12.2 Å². The number of aryl methyl sites for hydroxylation is 1. The van der Waals surface area contributed by atoms with Crippen molar-refractivity contribution in [3.63, 3.8) is 0 Å². The van der Waals surface area contributed by atoms with Crippen molar-refractivity contribution in [2.24, 2.45) is 0 Å². The molecule has 23 heavy (non-hydrogen) atoms. The lowest BCUT2D eigenvalue weighted by Crippen LogP contribution is -2.23. The molecule has 0 bridgehead atoms. The molecule has 0 fully saturated rings. The average Bonchev–Trinajstić information content (AvgIpc) is 2.57. The highest BCUT2D eigenvalue weighted by molar-refractivity contribution is 6.04. The molecule has 0 saturated carbocycles. The molecule has 1 amide bonds. The summed E-state index contributed by atoms with van der Waals surface area (Å²) >= 11 is 0. The second-order valence-electron chi connectivity index (χ2n) is 5.34. The number of hydrogen-bond acceptors (Lipinski definition) is 4. The summed E-state index contributed by atoms with van der Waals surface area (Å²) in [5.41, 5.74) is 2.47. The van der Waals surface area contributed by atoms with Gasteiger partial charge in [-0.25, -0.2) is 4.98 Å². The maximum Gasteiger partial charge on any atom is 0.257 e. The summed E-state index contributed by atoms with van der Waals surface area (Å²) < 4.78 is 5.33. The van der Waals surface area contributed by atoms with E-state index in [-0.39, 0.29) is 5.91 Å². The van der Waals surface area contributed by atoms with Gasteiger partial charge in [0.1, 0.15) is 5.82 Å². The van der Waals surface area contributed by atoms with Crippen LogP contribution >= 0.6 is 0 Å². The van der Waals surface area contributed by atoms with Gasteiger partial charge in [-0.1, -0.05) is 17.7 Å². The standard InChI is InChI=1S/C18H23N3O2/c1-4-23-12-11-21(3)17-10-7-15(13-19-17)18(22)20-16-8-5-14(2)6-9-16/h5-10,13H,4,11-12H2,1-3H3,(H,20,22). The largest absolute Gasteiger partial charge is 0.380 e. The second-order valence-corrected chi connectivity index (χ2v) is 5.34. The molecule has 0 aliphatic heterocycles. The first-order valence-electron chi connectivity index (χ1n) is 7.73. The summed E-state index contributed by atoms with van der Waals surface area (Å²) in [4.78, 5) is 18.5. The van der Waals surface area contributed by atoms with E-state index in [9.17, 15) is 4.79 Å². The third kappa shape index (κ3) is 5.07. The molecule has 1 heterocycles. The van der Waals surface area contributed by atoms with Gasteiger partial charge in [0.15, 0.2) is 0 Å². The van der Waals surface area contributed by atoms with Crippen molar-refractivity contribution in [3.05, 3.63) is 53.7 Å². The van der Waals surface area contributed by atoms with Gasteiger partial charge in [-0.2, -0.15) is 0 Å². The fourth-order valence-electron chi connectivity index (χ4n) is 2.05. The van der Waals surface area contributed by atoms with Gasteiger partial charge in [0.25, 0.3) is 5.91 Å². The van der Waals surface area contributed by atoms with Crippen LogP contribution in [0.25, 0.3) is 0 Å². The molecule has 0 atom stereocenters. The Bertz CT molecular complexity index is 624. The summed E-state index contributed by atoms with van der Waals surface area (Å²) in [5, 5.41) is 2.86. The Hall–Kier alpha value is -2.40. The van der Waals surface area contributed by atoms with Gasteiger partial charge in [0.2, 0.25) is 0 Å². The zero-order chi connectivity index (χ0) is 16.7. The summed E-state index contributed by atoms with van der Waals surface area (Å²) in [7, 11) is 1.95. The number of nitrogens with zero attached hydrogens (tertiary/aromatic N) is 2. The van der Waals surface area contributed by atoms with E-state index < -0.39 is 0 Å². The lowest BCUT2D eigenvalue weighted by Gasteiger charge is -2.18. The van der Waals surface area contributed by atoms with Crippen molar-refractivity contribution in [1.82, 2.24) is 4.98 Å². The number of nitrogens with one attached hydrogen (secondary N) is 1. The van der Waals surface area contributed by atoms with E-state index >= 15 is 0 Å². The fraction of sp³-hybridized carbons (Fsp3) is 0.333.